The van der Waals surface area contributed by atoms with E-state index in [0.717, 1.165) is 13.0 Å². The first-order chi connectivity index (χ1) is 13.3. The Morgan fingerprint density at radius 3 is 1.54 bits per heavy atom. The smallest absolute Gasteiger partial charge is 0.277 e. The SMILES string of the molecule is CCCCCCCCCCCCCCCC[N+](C)(C)CC(=O)N(C)CC(=O)[O-]. The maximum atomic E-state index is 12.1. The molecule has 28 heavy (non-hydrogen) atoms. The minimum atomic E-state index is -1.21. The number of amides is 1. The minimum Gasteiger partial charge on any atom is -0.548 e. The number of aliphatic carboxylic acids is 1. The highest BCUT2D eigenvalue weighted by atomic mass is 16.4. The van der Waals surface area contributed by atoms with Crippen molar-refractivity contribution < 1.29 is 19.2 Å². The summed E-state index contributed by atoms with van der Waals surface area (Å²) < 4.78 is 0.606. The molecule has 0 unspecified atom stereocenters. The highest BCUT2D eigenvalue weighted by Crippen LogP contribution is 2.13. The number of nitrogens with zero attached hydrogens (tertiary/aromatic N) is 2. The van der Waals surface area contributed by atoms with Gasteiger partial charge in [-0.25, -0.2) is 0 Å². The maximum absolute atomic E-state index is 12.1. The van der Waals surface area contributed by atoms with Gasteiger partial charge >= 0.3 is 0 Å². The zero-order chi connectivity index (χ0) is 21.3. The van der Waals surface area contributed by atoms with E-state index in [-0.39, 0.29) is 12.5 Å². The third-order valence-corrected chi connectivity index (χ3v) is 5.47. The van der Waals surface area contributed by atoms with Crippen LogP contribution in [0.4, 0.5) is 0 Å². The van der Waals surface area contributed by atoms with Crippen molar-refractivity contribution in [1.29, 1.82) is 0 Å². The summed E-state index contributed by atoms with van der Waals surface area (Å²) in [4.78, 5) is 23.9. The van der Waals surface area contributed by atoms with Gasteiger partial charge in [0, 0.05) is 7.05 Å². The molecule has 0 rings (SSSR count). The van der Waals surface area contributed by atoms with E-state index in [1.807, 2.05) is 14.1 Å². The van der Waals surface area contributed by atoms with Gasteiger partial charge in [-0.1, -0.05) is 84.0 Å². The standard InChI is InChI=1S/C23H46N2O3/c1-5-6-7-8-9-10-11-12-13-14-15-16-17-18-19-25(3,4)21-22(26)24(2)20-23(27)28/h5-21H2,1-4H3. The molecular formula is C23H46N2O3. The quantitative estimate of drug-likeness (QED) is 0.246. The summed E-state index contributed by atoms with van der Waals surface area (Å²) in [5.74, 6) is -1.35. The first-order valence-corrected chi connectivity index (χ1v) is 11.5. The molecule has 0 saturated carbocycles. The fourth-order valence-corrected chi connectivity index (χ4v) is 3.58. The van der Waals surface area contributed by atoms with Crippen molar-refractivity contribution in [2.24, 2.45) is 0 Å². The summed E-state index contributed by atoms with van der Waals surface area (Å²) in [6.45, 7) is 3.21. The molecule has 0 aromatic rings. The molecule has 0 aliphatic rings. The van der Waals surface area contributed by atoms with Crippen LogP contribution in [-0.2, 0) is 9.59 Å². The largest absolute Gasteiger partial charge is 0.548 e. The van der Waals surface area contributed by atoms with Crippen molar-refractivity contribution in [2.75, 3.05) is 40.8 Å². The monoisotopic (exact) mass is 398 g/mol. The predicted molar refractivity (Wildman–Crippen MR) is 115 cm³/mol. The minimum absolute atomic E-state index is 0.139. The van der Waals surface area contributed by atoms with Gasteiger partial charge in [0.1, 0.15) is 0 Å². The Morgan fingerprint density at radius 1 is 0.750 bits per heavy atom. The van der Waals surface area contributed by atoms with Crippen LogP contribution in [0.5, 0.6) is 0 Å². The van der Waals surface area contributed by atoms with E-state index in [1.165, 1.54) is 95.4 Å². The van der Waals surface area contributed by atoms with Crippen molar-refractivity contribution in [3.8, 4) is 0 Å². The average molecular weight is 399 g/mol. The lowest BCUT2D eigenvalue weighted by Crippen LogP contribution is -2.50. The van der Waals surface area contributed by atoms with E-state index in [4.69, 9.17) is 0 Å². The van der Waals surface area contributed by atoms with Gasteiger partial charge in [0.15, 0.2) is 6.54 Å². The predicted octanol–water partition coefficient (Wildman–Crippen LogP) is 3.75. The van der Waals surface area contributed by atoms with Crippen LogP contribution in [-0.4, -0.2) is 62.0 Å². The van der Waals surface area contributed by atoms with Crippen molar-refractivity contribution in [3.63, 3.8) is 0 Å². The Hall–Kier alpha value is -1.10. The molecule has 0 heterocycles. The van der Waals surface area contributed by atoms with Crippen LogP contribution in [0, 0.1) is 0 Å². The second-order valence-corrected chi connectivity index (χ2v) is 9.04. The molecule has 0 atom stereocenters. The lowest BCUT2D eigenvalue weighted by molar-refractivity contribution is -0.882. The van der Waals surface area contributed by atoms with Gasteiger partial charge in [-0.05, 0) is 12.8 Å². The zero-order valence-electron chi connectivity index (χ0n) is 19.1. The fourth-order valence-electron chi connectivity index (χ4n) is 3.58. The molecule has 1 amide bonds. The topological polar surface area (TPSA) is 60.4 Å². The van der Waals surface area contributed by atoms with Crippen LogP contribution in [0.25, 0.3) is 0 Å². The Labute approximate surface area is 174 Å². The Morgan fingerprint density at radius 2 is 1.14 bits per heavy atom. The van der Waals surface area contributed by atoms with E-state index in [2.05, 4.69) is 6.92 Å². The third kappa shape index (κ3) is 17.0. The Kier molecular flexibility index (Phi) is 16.2. The van der Waals surface area contributed by atoms with E-state index in [0.29, 0.717) is 11.0 Å². The number of likely N-dealkylation sites (N-methyl/N-ethyl adjacent to an activating group) is 2. The molecule has 0 N–H and O–H groups in total. The van der Waals surface area contributed by atoms with E-state index in [1.54, 1.807) is 0 Å². The van der Waals surface area contributed by atoms with Gasteiger partial charge in [-0.15, -0.1) is 0 Å². The third-order valence-electron chi connectivity index (χ3n) is 5.47. The average Bonchev–Trinajstić information content (AvgIpc) is 2.61. The number of hydrogen-bond donors (Lipinski definition) is 0. The molecule has 0 radical (unpaired) electrons. The zero-order valence-corrected chi connectivity index (χ0v) is 19.1. The van der Waals surface area contributed by atoms with Crippen molar-refractivity contribution >= 4 is 11.9 Å². The van der Waals surface area contributed by atoms with Crippen LogP contribution in [0.2, 0.25) is 0 Å². The van der Waals surface area contributed by atoms with Gasteiger partial charge in [0.2, 0.25) is 0 Å². The molecule has 0 aromatic heterocycles. The van der Waals surface area contributed by atoms with Gasteiger partial charge < -0.3 is 19.3 Å². The van der Waals surface area contributed by atoms with Crippen LogP contribution in [0.3, 0.4) is 0 Å². The molecule has 0 aliphatic heterocycles. The number of rotatable bonds is 19. The lowest BCUT2D eigenvalue weighted by Gasteiger charge is -2.31. The Balaban J connectivity index is 3.54. The summed E-state index contributed by atoms with van der Waals surface area (Å²) in [6, 6.07) is 0. The van der Waals surface area contributed by atoms with E-state index < -0.39 is 5.97 Å². The van der Waals surface area contributed by atoms with Gasteiger partial charge in [0.25, 0.3) is 5.91 Å². The van der Waals surface area contributed by atoms with Crippen LogP contribution < -0.4 is 5.11 Å². The van der Waals surface area contributed by atoms with Crippen LogP contribution in [0.15, 0.2) is 0 Å². The van der Waals surface area contributed by atoms with Gasteiger partial charge in [-0.2, -0.15) is 0 Å². The van der Waals surface area contributed by atoms with Gasteiger partial charge in [-0.3, -0.25) is 4.79 Å². The summed E-state index contributed by atoms with van der Waals surface area (Å²) in [6.07, 6.45) is 18.8. The molecule has 5 heteroatoms. The second kappa shape index (κ2) is 16.8. The van der Waals surface area contributed by atoms with E-state index >= 15 is 0 Å². The lowest BCUT2D eigenvalue weighted by atomic mass is 10.0. The molecule has 0 spiro atoms. The molecule has 0 bridgehead atoms. The van der Waals surface area contributed by atoms with Crippen molar-refractivity contribution in [2.45, 2.75) is 96.8 Å². The summed E-state index contributed by atoms with van der Waals surface area (Å²) in [5.41, 5.74) is 0. The molecule has 0 aliphatic carbocycles. The molecule has 0 fully saturated rings. The van der Waals surface area contributed by atoms with E-state index in [9.17, 15) is 14.7 Å². The van der Waals surface area contributed by atoms with Crippen LogP contribution >= 0.6 is 0 Å². The molecule has 0 aromatic carbocycles. The number of carboxylic acid groups (broad SMARTS) is 1. The molecular weight excluding hydrogens is 352 g/mol. The Bertz CT molecular complexity index is 411. The van der Waals surface area contributed by atoms with Crippen LogP contribution in [0.1, 0.15) is 96.8 Å². The molecule has 0 saturated heterocycles. The number of carboxylic acids is 1. The normalized spacial score (nSPS) is 11.6. The summed E-state index contributed by atoms with van der Waals surface area (Å²) in [5, 5.41) is 10.6. The summed E-state index contributed by atoms with van der Waals surface area (Å²) in [7, 11) is 5.59. The second-order valence-electron chi connectivity index (χ2n) is 9.04. The summed E-state index contributed by atoms with van der Waals surface area (Å²) >= 11 is 0. The molecule has 166 valence electrons. The first kappa shape index (κ1) is 26.9. The number of quaternary nitrogens is 1. The number of hydrogen-bond acceptors (Lipinski definition) is 3. The highest BCUT2D eigenvalue weighted by molar-refractivity contribution is 5.81. The van der Waals surface area contributed by atoms with Gasteiger partial charge in [0.05, 0.1) is 33.2 Å². The maximum Gasteiger partial charge on any atom is 0.277 e. The fraction of sp³-hybridized carbons (Fsp3) is 0.913. The van der Waals surface area contributed by atoms with Crippen molar-refractivity contribution in [3.05, 3.63) is 0 Å². The number of unbranched alkanes of at least 4 members (excludes halogenated alkanes) is 13. The van der Waals surface area contributed by atoms with Crippen molar-refractivity contribution in [1.82, 2.24) is 4.90 Å². The number of carbonyl (C=O) groups is 2. The number of carbonyl (C=O) groups excluding carboxylic acids is 2. The first-order valence-electron chi connectivity index (χ1n) is 11.5. The molecule has 5 nitrogen and oxygen atoms in total. The highest BCUT2D eigenvalue weighted by Gasteiger charge is 2.22.